The van der Waals surface area contributed by atoms with E-state index in [-0.39, 0.29) is 23.8 Å². The van der Waals surface area contributed by atoms with Crippen molar-refractivity contribution in [3.63, 3.8) is 0 Å². The van der Waals surface area contributed by atoms with Crippen molar-refractivity contribution in [3.05, 3.63) is 125 Å². The van der Waals surface area contributed by atoms with Gasteiger partial charge in [0.2, 0.25) is 11.8 Å². The van der Waals surface area contributed by atoms with Gasteiger partial charge in [0.15, 0.2) is 0 Å². The number of ether oxygens (including phenoxy) is 1. The van der Waals surface area contributed by atoms with E-state index in [0.29, 0.717) is 11.4 Å². The van der Waals surface area contributed by atoms with E-state index in [4.69, 9.17) is 4.74 Å². The zero-order chi connectivity index (χ0) is 33.5. The van der Waals surface area contributed by atoms with Crippen LogP contribution in [0.3, 0.4) is 0 Å². The molecule has 0 saturated heterocycles. The minimum Gasteiger partial charge on any atom is -0.497 e. The minimum atomic E-state index is -4.17. The molecule has 0 aliphatic carbocycles. The normalized spacial score (nSPS) is 12.2. The summed E-state index contributed by atoms with van der Waals surface area (Å²) < 4.78 is 35.0. The van der Waals surface area contributed by atoms with E-state index >= 15 is 0 Å². The van der Waals surface area contributed by atoms with Crippen LogP contribution in [-0.4, -0.2) is 50.4 Å². The SMILES string of the molecule is COc1cccc(CN(C(=O)CN(c2cccc(C)c2)S(=O)(=O)c2ccc(C)cc2)[C@H](Cc2ccccc2)C(=O)NC(C)(C)C)c1. The number of hydrogen-bond donors (Lipinski definition) is 1. The predicted octanol–water partition coefficient (Wildman–Crippen LogP) is 6.06. The Morgan fingerprint density at radius 3 is 2.09 bits per heavy atom. The van der Waals surface area contributed by atoms with E-state index in [1.807, 2.05) is 89.2 Å². The van der Waals surface area contributed by atoms with E-state index in [2.05, 4.69) is 5.32 Å². The molecule has 0 spiro atoms. The van der Waals surface area contributed by atoms with Gasteiger partial charge in [0.1, 0.15) is 18.3 Å². The number of aryl methyl sites for hydroxylation is 2. The van der Waals surface area contributed by atoms with Crippen molar-refractivity contribution in [3.8, 4) is 5.75 Å². The number of methoxy groups -OCH3 is 1. The molecular formula is C37H43N3O5S. The summed E-state index contributed by atoms with van der Waals surface area (Å²) in [6.07, 6.45) is 0.230. The van der Waals surface area contributed by atoms with Crippen LogP contribution in [0, 0.1) is 13.8 Å². The number of carbonyl (C=O) groups is 2. The molecule has 4 aromatic carbocycles. The number of amides is 2. The molecule has 0 bridgehead atoms. The monoisotopic (exact) mass is 641 g/mol. The lowest BCUT2D eigenvalue weighted by molar-refractivity contribution is -0.140. The summed E-state index contributed by atoms with van der Waals surface area (Å²) in [6.45, 7) is 8.92. The summed E-state index contributed by atoms with van der Waals surface area (Å²) in [5.74, 6) is -0.256. The maximum Gasteiger partial charge on any atom is 0.264 e. The van der Waals surface area contributed by atoms with Crippen molar-refractivity contribution < 1.29 is 22.7 Å². The average Bonchev–Trinajstić information content (AvgIpc) is 3.01. The van der Waals surface area contributed by atoms with Crippen molar-refractivity contribution in [2.75, 3.05) is 18.0 Å². The predicted molar refractivity (Wildman–Crippen MR) is 182 cm³/mol. The summed E-state index contributed by atoms with van der Waals surface area (Å²) in [7, 11) is -2.61. The smallest absolute Gasteiger partial charge is 0.264 e. The zero-order valence-corrected chi connectivity index (χ0v) is 28.2. The van der Waals surface area contributed by atoms with Crippen molar-refractivity contribution in [1.82, 2.24) is 10.2 Å². The van der Waals surface area contributed by atoms with Gasteiger partial charge in [0, 0.05) is 18.5 Å². The number of nitrogens with one attached hydrogen (secondary N) is 1. The Morgan fingerprint density at radius 2 is 1.46 bits per heavy atom. The first-order chi connectivity index (χ1) is 21.8. The van der Waals surface area contributed by atoms with Crippen LogP contribution in [-0.2, 0) is 32.6 Å². The largest absolute Gasteiger partial charge is 0.497 e. The first-order valence-corrected chi connectivity index (χ1v) is 16.7. The van der Waals surface area contributed by atoms with Crippen LogP contribution in [0.15, 0.2) is 108 Å². The van der Waals surface area contributed by atoms with Crippen LogP contribution >= 0.6 is 0 Å². The van der Waals surface area contributed by atoms with Crippen molar-refractivity contribution in [2.45, 2.75) is 64.1 Å². The lowest BCUT2D eigenvalue weighted by Crippen LogP contribution is -2.56. The highest BCUT2D eigenvalue weighted by molar-refractivity contribution is 7.92. The number of sulfonamides is 1. The molecule has 4 aromatic rings. The third-order valence-electron chi connectivity index (χ3n) is 7.43. The Hall–Kier alpha value is -4.63. The van der Waals surface area contributed by atoms with Gasteiger partial charge in [-0.1, -0.05) is 72.3 Å². The first-order valence-electron chi connectivity index (χ1n) is 15.2. The Bertz CT molecular complexity index is 1750. The summed E-state index contributed by atoms with van der Waals surface area (Å²) >= 11 is 0. The van der Waals surface area contributed by atoms with Crippen LogP contribution in [0.4, 0.5) is 5.69 Å². The molecule has 0 saturated carbocycles. The fraction of sp³-hybridized carbons (Fsp3) is 0.297. The van der Waals surface area contributed by atoms with E-state index in [1.54, 1.807) is 55.6 Å². The summed E-state index contributed by atoms with van der Waals surface area (Å²) in [5, 5.41) is 3.05. The molecule has 8 nitrogen and oxygen atoms in total. The van der Waals surface area contributed by atoms with Gasteiger partial charge >= 0.3 is 0 Å². The summed E-state index contributed by atoms with van der Waals surface area (Å²) in [6, 6.07) is 29.4. The van der Waals surface area contributed by atoms with Gasteiger partial charge in [-0.25, -0.2) is 8.42 Å². The second kappa shape index (κ2) is 14.6. The zero-order valence-electron chi connectivity index (χ0n) is 27.4. The molecular weight excluding hydrogens is 598 g/mol. The van der Waals surface area contributed by atoms with Gasteiger partial charge < -0.3 is 15.0 Å². The van der Waals surface area contributed by atoms with Crippen molar-refractivity contribution in [1.29, 1.82) is 0 Å². The van der Waals surface area contributed by atoms with E-state index in [1.165, 1.54) is 4.90 Å². The molecule has 0 aromatic heterocycles. The fourth-order valence-corrected chi connectivity index (χ4v) is 6.53. The maximum atomic E-state index is 14.6. The molecule has 46 heavy (non-hydrogen) atoms. The second-order valence-electron chi connectivity index (χ2n) is 12.5. The Kier molecular flexibility index (Phi) is 10.9. The lowest BCUT2D eigenvalue weighted by Gasteiger charge is -2.35. The molecule has 9 heteroatoms. The summed E-state index contributed by atoms with van der Waals surface area (Å²) in [4.78, 5) is 30.2. The molecule has 0 radical (unpaired) electrons. The number of nitrogens with zero attached hydrogens (tertiary/aromatic N) is 2. The van der Waals surface area contributed by atoms with Crippen LogP contribution in [0.1, 0.15) is 43.0 Å². The molecule has 0 aliphatic rings. The average molecular weight is 642 g/mol. The van der Waals surface area contributed by atoms with Crippen LogP contribution in [0.25, 0.3) is 0 Å². The van der Waals surface area contributed by atoms with Crippen molar-refractivity contribution in [2.24, 2.45) is 0 Å². The van der Waals surface area contributed by atoms with Gasteiger partial charge in [-0.05, 0) is 87.7 Å². The third kappa shape index (κ3) is 8.97. The van der Waals surface area contributed by atoms with Crippen LogP contribution in [0.2, 0.25) is 0 Å². The highest BCUT2D eigenvalue weighted by Crippen LogP contribution is 2.26. The van der Waals surface area contributed by atoms with Gasteiger partial charge in [-0.15, -0.1) is 0 Å². The molecule has 0 unspecified atom stereocenters. The third-order valence-corrected chi connectivity index (χ3v) is 9.22. The van der Waals surface area contributed by atoms with E-state index in [0.717, 1.165) is 26.6 Å². The van der Waals surface area contributed by atoms with Crippen LogP contribution in [0.5, 0.6) is 5.75 Å². The Labute approximate surface area is 273 Å². The number of benzene rings is 4. The second-order valence-corrected chi connectivity index (χ2v) is 14.3. The molecule has 4 rings (SSSR count). The van der Waals surface area contributed by atoms with E-state index < -0.39 is 34.1 Å². The van der Waals surface area contributed by atoms with Gasteiger partial charge in [-0.3, -0.25) is 13.9 Å². The molecule has 0 heterocycles. The topological polar surface area (TPSA) is 96.0 Å². The fourth-order valence-electron chi connectivity index (χ4n) is 5.12. The number of anilines is 1. The Balaban J connectivity index is 1.83. The summed E-state index contributed by atoms with van der Waals surface area (Å²) in [5.41, 5.74) is 3.14. The van der Waals surface area contributed by atoms with Gasteiger partial charge in [0.25, 0.3) is 10.0 Å². The van der Waals surface area contributed by atoms with Gasteiger partial charge in [0.05, 0.1) is 17.7 Å². The van der Waals surface area contributed by atoms with E-state index in [9.17, 15) is 18.0 Å². The number of rotatable bonds is 12. The van der Waals surface area contributed by atoms with Gasteiger partial charge in [-0.2, -0.15) is 0 Å². The molecule has 1 N–H and O–H groups in total. The molecule has 2 amide bonds. The highest BCUT2D eigenvalue weighted by Gasteiger charge is 2.35. The van der Waals surface area contributed by atoms with Crippen LogP contribution < -0.4 is 14.4 Å². The first kappa shape index (κ1) is 34.2. The molecule has 1 atom stereocenters. The quantitative estimate of drug-likeness (QED) is 0.203. The molecule has 242 valence electrons. The Morgan fingerprint density at radius 1 is 0.804 bits per heavy atom. The molecule has 0 aliphatic heterocycles. The highest BCUT2D eigenvalue weighted by atomic mass is 32.2. The minimum absolute atomic E-state index is 0.0529. The lowest BCUT2D eigenvalue weighted by atomic mass is 10.0. The number of carbonyl (C=O) groups excluding carboxylic acids is 2. The standard InChI is InChI=1S/C37H43N3O5S/c1-27-18-20-33(21-19-27)46(43,44)40(31-16-10-12-28(2)22-31)26-35(41)39(25-30-15-11-17-32(23-30)45-6)34(36(42)38-37(3,4)5)24-29-13-8-7-9-14-29/h7-23,34H,24-26H2,1-6H3,(H,38,42)/t34-/m1/s1. The maximum absolute atomic E-state index is 14.6. The number of hydrogen-bond acceptors (Lipinski definition) is 5. The molecule has 0 fully saturated rings. The van der Waals surface area contributed by atoms with Crippen molar-refractivity contribution >= 4 is 27.5 Å².